The largest absolute Gasteiger partial charge is 0.466 e. The van der Waals surface area contributed by atoms with E-state index >= 15 is 0 Å². The van der Waals surface area contributed by atoms with E-state index in [9.17, 15) is 24.0 Å². The predicted octanol–water partition coefficient (Wildman–Crippen LogP) is 5.04. The van der Waals surface area contributed by atoms with Gasteiger partial charge in [0.2, 0.25) is 23.7 Å². The number of carbonyl (C=O) groups is 5. The second kappa shape index (κ2) is 18.4. The third-order valence-corrected chi connectivity index (χ3v) is 9.52. The van der Waals surface area contributed by atoms with Gasteiger partial charge in [-0.25, -0.2) is 9.97 Å². The number of aryl methyl sites for hydroxylation is 5. The summed E-state index contributed by atoms with van der Waals surface area (Å²) in [5, 5.41) is 14.9. The van der Waals surface area contributed by atoms with E-state index in [0.29, 0.717) is 83.6 Å². The summed E-state index contributed by atoms with van der Waals surface area (Å²) in [7, 11) is 0. The summed E-state index contributed by atoms with van der Waals surface area (Å²) in [6.45, 7) is 8.97. The first-order chi connectivity index (χ1) is 27.4. The summed E-state index contributed by atoms with van der Waals surface area (Å²) in [5.41, 5.74) is 16.9. The molecule has 6 aromatic rings. The lowest BCUT2D eigenvalue weighted by Gasteiger charge is -2.11. The fraction of sp³-hybridized carbons (Fsp3) is 0.375. The fourth-order valence-electron chi connectivity index (χ4n) is 6.81. The van der Waals surface area contributed by atoms with Gasteiger partial charge in [0.1, 0.15) is 11.4 Å². The molecular weight excluding hydrogens is 745 g/mol. The number of esters is 1. The van der Waals surface area contributed by atoms with Crippen LogP contribution >= 0.6 is 0 Å². The molecular formula is C40H50N12O6. The van der Waals surface area contributed by atoms with Crippen LogP contribution in [0.15, 0.2) is 42.5 Å². The van der Waals surface area contributed by atoms with Crippen LogP contribution < -0.4 is 22.1 Å². The van der Waals surface area contributed by atoms with Crippen molar-refractivity contribution in [2.45, 2.75) is 93.3 Å². The van der Waals surface area contributed by atoms with Gasteiger partial charge in [-0.2, -0.15) is 10.2 Å². The summed E-state index contributed by atoms with van der Waals surface area (Å²) >= 11 is 0. The molecule has 6 rings (SSSR count). The van der Waals surface area contributed by atoms with Crippen LogP contribution in [-0.4, -0.2) is 75.3 Å². The SMILES string of the molecule is C.CCOC(=O)CCCn1c(NC(=O)c2cc(C)nn2CCCCCc2c(C)nn(CC)c2C(=O)Nc2nc3ccc(C(N)=O)cc3[nH]2)nc2cc(C(N)=O)ccc21. The van der Waals surface area contributed by atoms with E-state index in [-0.39, 0.29) is 49.8 Å². The van der Waals surface area contributed by atoms with Crippen molar-refractivity contribution in [1.82, 2.24) is 39.1 Å². The topological polar surface area (TPSA) is 253 Å². The summed E-state index contributed by atoms with van der Waals surface area (Å²) < 4.78 is 10.2. The van der Waals surface area contributed by atoms with Crippen LogP contribution in [0.25, 0.3) is 22.1 Å². The van der Waals surface area contributed by atoms with Gasteiger partial charge in [-0.05, 0) is 95.8 Å². The Morgan fingerprint density at radius 3 is 2.26 bits per heavy atom. The van der Waals surface area contributed by atoms with E-state index < -0.39 is 17.7 Å². The van der Waals surface area contributed by atoms with Gasteiger partial charge < -0.3 is 25.8 Å². The van der Waals surface area contributed by atoms with E-state index in [4.69, 9.17) is 16.2 Å². The number of hydrogen-bond acceptors (Lipinski definition) is 10. The number of imidazole rings is 2. The molecule has 0 saturated carbocycles. The van der Waals surface area contributed by atoms with E-state index in [1.165, 1.54) is 0 Å². The number of nitrogens with one attached hydrogen (secondary N) is 3. The van der Waals surface area contributed by atoms with E-state index in [2.05, 4.69) is 35.8 Å². The number of ether oxygens (including phenoxy) is 1. The molecule has 0 aliphatic heterocycles. The van der Waals surface area contributed by atoms with Crippen LogP contribution in [0.3, 0.4) is 0 Å². The van der Waals surface area contributed by atoms with Gasteiger partial charge in [-0.3, -0.25) is 44.0 Å². The third-order valence-electron chi connectivity index (χ3n) is 9.52. The van der Waals surface area contributed by atoms with Crippen molar-refractivity contribution in [2.75, 3.05) is 17.2 Å². The van der Waals surface area contributed by atoms with Crippen molar-refractivity contribution in [1.29, 1.82) is 0 Å². The number of nitrogens with zero attached hydrogens (tertiary/aromatic N) is 7. The van der Waals surface area contributed by atoms with E-state index in [1.54, 1.807) is 63.3 Å². The highest BCUT2D eigenvalue weighted by Gasteiger charge is 2.23. The number of H-pyrrole nitrogens is 1. The molecule has 4 aromatic heterocycles. The Kier molecular flexibility index (Phi) is 13.4. The van der Waals surface area contributed by atoms with Crippen LogP contribution in [-0.2, 0) is 35.6 Å². The highest BCUT2D eigenvalue weighted by Crippen LogP contribution is 2.24. The number of aromatic nitrogens is 8. The van der Waals surface area contributed by atoms with Crippen LogP contribution in [0, 0.1) is 13.8 Å². The van der Waals surface area contributed by atoms with Gasteiger partial charge >= 0.3 is 5.97 Å². The number of hydrogen-bond donors (Lipinski definition) is 5. The smallest absolute Gasteiger partial charge is 0.305 e. The average molecular weight is 795 g/mol. The monoisotopic (exact) mass is 794 g/mol. The Labute approximate surface area is 334 Å². The molecule has 18 heteroatoms. The molecule has 2 aromatic carbocycles. The van der Waals surface area contributed by atoms with Crippen LogP contribution in [0.2, 0.25) is 0 Å². The molecule has 0 aliphatic rings. The summed E-state index contributed by atoms with van der Waals surface area (Å²) in [6.07, 6.45) is 3.47. The molecule has 7 N–H and O–H groups in total. The zero-order valence-corrected chi connectivity index (χ0v) is 32.3. The number of amides is 4. The number of nitrogens with two attached hydrogens (primary N) is 2. The molecule has 0 atom stereocenters. The molecule has 0 saturated heterocycles. The summed E-state index contributed by atoms with van der Waals surface area (Å²) in [6, 6.07) is 11.4. The Hall–Kier alpha value is -6.85. The molecule has 4 heterocycles. The number of primary amides is 2. The zero-order chi connectivity index (χ0) is 40.8. The Morgan fingerprint density at radius 2 is 1.53 bits per heavy atom. The normalized spacial score (nSPS) is 11.1. The molecule has 58 heavy (non-hydrogen) atoms. The predicted molar refractivity (Wildman–Crippen MR) is 219 cm³/mol. The minimum Gasteiger partial charge on any atom is -0.466 e. The number of rotatable bonds is 18. The lowest BCUT2D eigenvalue weighted by atomic mass is 10.0. The lowest BCUT2D eigenvalue weighted by Crippen LogP contribution is -2.20. The zero-order valence-electron chi connectivity index (χ0n) is 32.3. The molecule has 0 fully saturated rings. The highest BCUT2D eigenvalue weighted by molar-refractivity contribution is 6.05. The number of anilines is 2. The number of benzene rings is 2. The first-order valence-corrected chi connectivity index (χ1v) is 18.9. The van der Waals surface area contributed by atoms with Gasteiger partial charge in [-0.1, -0.05) is 13.8 Å². The van der Waals surface area contributed by atoms with E-state index in [1.807, 2.05) is 20.8 Å². The molecule has 0 aliphatic carbocycles. The average Bonchev–Trinajstić information content (AvgIpc) is 3.93. The van der Waals surface area contributed by atoms with Crippen LogP contribution in [0.1, 0.15) is 112 Å². The molecule has 306 valence electrons. The number of carbonyl (C=O) groups excluding carboxylic acids is 5. The van der Waals surface area contributed by atoms with Crippen molar-refractivity contribution in [3.63, 3.8) is 0 Å². The molecule has 0 spiro atoms. The van der Waals surface area contributed by atoms with Crippen LogP contribution in [0.5, 0.6) is 0 Å². The Bertz CT molecular complexity index is 2490. The van der Waals surface area contributed by atoms with Gasteiger partial charge in [0, 0.05) is 42.7 Å². The first-order valence-electron chi connectivity index (χ1n) is 18.9. The molecule has 0 bridgehead atoms. The molecule has 0 radical (unpaired) electrons. The lowest BCUT2D eigenvalue weighted by molar-refractivity contribution is -0.143. The van der Waals surface area contributed by atoms with Crippen molar-refractivity contribution >= 4 is 63.6 Å². The van der Waals surface area contributed by atoms with Crippen molar-refractivity contribution in [3.05, 3.63) is 81.9 Å². The van der Waals surface area contributed by atoms with E-state index in [0.717, 1.165) is 24.1 Å². The van der Waals surface area contributed by atoms with Gasteiger partial charge in [0.05, 0.1) is 40.1 Å². The molecule has 4 amide bonds. The fourth-order valence-corrected chi connectivity index (χ4v) is 6.81. The second-order valence-electron chi connectivity index (χ2n) is 13.6. The van der Waals surface area contributed by atoms with Gasteiger partial charge in [0.25, 0.3) is 11.8 Å². The second-order valence-corrected chi connectivity index (χ2v) is 13.6. The number of aromatic amines is 1. The number of fused-ring (bicyclic) bond motifs is 2. The molecule has 0 unspecified atom stereocenters. The third kappa shape index (κ3) is 9.39. The minimum absolute atomic E-state index is 0. The minimum atomic E-state index is -0.599. The van der Waals surface area contributed by atoms with Crippen molar-refractivity contribution in [3.8, 4) is 0 Å². The maximum absolute atomic E-state index is 13.7. The number of unbranched alkanes of at least 4 members (excludes halogenated alkanes) is 2. The summed E-state index contributed by atoms with van der Waals surface area (Å²) in [4.78, 5) is 74.9. The van der Waals surface area contributed by atoms with Gasteiger partial charge in [-0.15, -0.1) is 0 Å². The maximum Gasteiger partial charge on any atom is 0.305 e. The van der Waals surface area contributed by atoms with Crippen LogP contribution in [0.4, 0.5) is 11.9 Å². The molecule has 18 nitrogen and oxygen atoms in total. The van der Waals surface area contributed by atoms with Gasteiger partial charge in [0.15, 0.2) is 0 Å². The van der Waals surface area contributed by atoms with Crippen molar-refractivity contribution in [2.24, 2.45) is 11.5 Å². The highest BCUT2D eigenvalue weighted by atomic mass is 16.5. The standard InChI is InChI=1S/C39H46N12O6.CH4/c1-5-50-33(37(56)45-38-42-27-15-13-24(34(40)53)20-28(27)43-38)26(23(4)48-50)11-8-7-9-18-51-31(19-22(3)47-51)36(55)46-39-44-29-21-25(35(41)54)14-16-30(29)49(39)17-10-12-32(52)57-6-2;/h13-16,19-21H,5-12,17-18H2,1-4H3,(H2,40,53)(H2,41,54)(H,44,46,55)(H2,42,43,45,56);1H4. The maximum atomic E-state index is 13.7. The first kappa shape index (κ1) is 42.3. The van der Waals surface area contributed by atoms with Crippen molar-refractivity contribution < 1.29 is 28.7 Å². The Morgan fingerprint density at radius 1 is 0.793 bits per heavy atom. The quantitative estimate of drug-likeness (QED) is 0.0573. The summed E-state index contributed by atoms with van der Waals surface area (Å²) in [5.74, 6) is -1.75. The Balaban J connectivity index is 0.00000641.